The molecule has 0 fully saturated rings. The summed E-state index contributed by atoms with van der Waals surface area (Å²) >= 11 is 6.39. The van der Waals surface area contributed by atoms with Crippen molar-refractivity contribution in [2.24, 2.45) is 5.73 Å². The standard InChI is InChI=1S/C7H10N2S2/c1-2-5-4-11-7(9-5)3-6(8)10/h4H,2-3H2,1H3,(H2,8,10). The Hall–Kier alpha value is -0.480. The molecule has 1 aromatic heterocycles. The SMILES string of the molecule is CCc1csc(CC(N)=S)n1. The van der Waals surface area contributed by atoms with Gasteiger partial charge in [0.25, 0.3) is 0 Å². The van der Waals surface area contributed by atoms with Crippen LogP contribution in [0.2, 0.25) is 0 Å². The van der Waals surface area contributed by atoms with E-state index in [-0.39, 0.29) is 0 Å². The molecule has 0 aliphatic rings. The van der Waals surface area contributed by atoms with Crippen LogP contribution in [-0.2, 0) is 12.8 Å². The summed E-state index contributed by atoms with van der Waals surface area (Å²) in [7, 11) is 0. The summed E-state index contributed by atoms with van der Waals surface area (Å²) in [6, 6.07) is 0. The third-order valence-electron chi connectivity index (χ3n) is 1.29. The third kappa shape index (κ3) is 2.55. The summed E-state index contributed by atoms with van der Waals surface area (Å²) in [6.07, 6.45) is 1.62. The number of rotatable bonds is 3. The molecule has 0 saturated heterocycles. The molecule has 60 valence electrons. The van der Waals surface area contributed by atoms with Crippen LogP contribution < -0.4 is 5.73 Å². The lowest BCUT2D eigenvalue weighted by Gasteiger charge is -1.90. The smallest absolute Gasteiger partial charge is 0.0995 e. The monoisotopic (exact) mass is 186 g/mol. The van der Waals surface area contributed by atoms with Crippen LogP contribution in [-0.4, -0.2) is 9.97 Å². The Bertz CT molecular complexity index is 255. The van der Waals surface area contributed by atoms with Gasteiger partial charge in [-0.25, -0.2) is 4.98 Å². The molecule has 11 heavy (non-hydrogen) atoms. The van der Waals surface area contributed by atoms with E-state index in [1.165, 1.54) is 0 Å². The fourth-order valence-corrected chi connectivity index (χ4v) is 1.87. The fraction of sp³-hybridized carbons (Fsp3) is 0.429. The van der Waals surface area contributed by atoms with Crippen LogP contribution in [0.3, 0.4) is 0 Å². The van der Waals surface area contributed by atoms with Crippen LogP contribution in [0.25, 0.3) is 0 Å². The highest BCUT2D eigenvalue weighted by molar-refractivity contribution is 7.80. The van der Waals surface area contributed by atoms with Crippen molar-refractivity contribution >= 4 is 28.5 Å². The highest BCUT2D eigenvalue weighted by Crippen LogP contribution is 2.10. The molecule has 0 aromatic carbocycles. The molecule has 0 radical (unpaired) electrons. The molecule has 4 heteroatoms. The van der Waals surface area contributed by atoms with Gasteiger partial charge in [-0.1, -0.05) is 19.1 Å². The molecule has 0 spiro atoms. The number of hydrogen-bond donors (Lipinski definition) is 1. The molecule has 1 aromatic rings. The van der Waals surface area contributed by atoms with Crippen molar-refractivity contribution in [2.75, 3.05) is 0 Å². The maximum atomic E-state index is 5.37. The summed E-state index contributed by atoms with van der Waals surface area (Å²) in [4.78, 5) is 4.84. The van der Waals surface area contributed by atoms with Crippen LogP contribution in [0.5, 0.6) is 0 Å². The van der Waals surface area contributed by atoms with Crippen molar-refractivity contribution in [2.45, 2.75) is 19.8 Å². The fourth-order valence-electron chi connectivity index (χ4n) is 0.742. The molecule has 2 nitrogen and oxygen atoms in total. The van der Waals surface area contributed by atoms with E-state index in [0.717, 1.165) is 17.1 Å². The number of nitrogens with zero attached hydrogens (tertiary/aromatic N) is 1. The van der Waals surface area contributed by atoms with Gasteiger partial charge in [-0.3, -0.25) is 0 Å². The number of aryl methyl sites for hydroxylation is 1. The topological polar surface area (TPSA) is 38.9 Å². The lowest BCUT2D eigenvalue weighted by Crippen LogP contribution is -2.10. The predicted molar refractivity (Wildman–Crippen MR) is 52.0 cm³/mol. The second kappa shape index (κ2) is 3.78. The molecule has 1 rings (SSSR count). The Morgan fingerprint density at radius 1 is 1.82 bits per heavy atom. The first kappa shape index (κ1) is 8.62. The summed E-state index contributed by atoms with van der Waals surface area (Å²) in [6.45, 7) is 2.08. The molecule has 0 atom stereocenters. The van der Waals surface area contributed by atoms with Crippen LogP contribution >= 0.6 is 23.6 Å². The zero-order valence-corrected chi connectivity index (χ0v) is 7.97. The summed E-state index contributed by atoms with van der Waals surface area (Å²) in [5.41, 5.74) is 6.50. The van der Waals surface area contributed by atoms with Gasteiger partial charge in [-0.15, -0.1) is 11.3 Å². The molecule has 0 aliphatic heterocycles. The third-order valence-corrected chi connectivity index (χ3v) is 2.33. The molecule has 1 heterocycles. The Balaban J connectivity index is 2.65. The van der Waals surface area contributed by atoms with E-state index in [4.69, 9.17) is 18.0 Å². The highest BCUT2D eigenvalue weighted by Gasteiger charge is 2.00. The van der Waals surface area contributed by atoms with Crippen LogP contribution in [0.4, 0.5) is 0 Å². The van der Waals surface area contributed by atoms with E-state index >= 15 is 0 Å². The van der Waals surface area contributed by atoms with Gasteiger partial charge >= 0.3 is 0 Å². The van der Waals surface area contributed by atoms with Crippen LogP contribution in [0.1, 0.15) is 17.6 Å². The Morgan fingerprint density at radius 2 is 2.55 bits per heavy atom. The highest BCUT2D eigenvalue weighted by atomic mass is 32.1. The van der Waals surface area contributed by atoms with Crippen LogP contribution in [0, 0.1) is 0 Å². The lowest BCUT2D eigenvalue weighted by molar-refractivity contribution is 1.03. The van der Waals surface area contributed by atoms with Gasteiger partial charge in [0.05, 0.1) is 15.7 Å². The number of aromatic nitrogens is 1. The largest absolute Gasteiger partial charge is 0.393 e. The second-order valence-corrected chi connectivity index (χ2v) is 3.70. The number of thiocarbonyl (C=S) groups is 1. The molecule has 2 N–H and O–H groups in total. The van der Waals surface area contributed by atoms with Gasteiger partial charge in [0.15, 0.2) is 0 Å². The number of hydrogen-bond acceptors (Lipinski definition) is 3. The predicted octanol–water partition coefficient (Wildman–Crippen LogP) is 1.53. The first-order chi connectivity index (χ1) is 5.22. The minimum atomic E-state index is 0.516. The van der Waals surface area contributed by atoms with Crippen molar-refractivity contribution in [3.05, 3.63) is 16.1 Å². The van der Waals surface area contributed by atoms with Gasteiger partial charge in [0, 0.05) is 11.8 Å². The van der Waals surface area contributed by atoms with Crippen molar-refractivity contribution in [1.29, 1.82) is 0 Å². The van der Waals surface area contributed by atoms with E-state index in [1.807, 2.05) is 5.38 Å². The van der Waals surface area contributed by atoms with Gasteiger partial charge in [0.1, 0.15) is 0 Å². The molecule has 0 amide bonds. The van der Waals surface area contributed by atoms with Crippen molar-refractivity contribution < 1.29 is 0 Å². The van der Waals surface area contributed by atoms with Crippen molar-refractivity contribution in [3.63, 3.8) is 0 Å². The quantitative estimate of drug-likeness (QED) is 0.728. The molecule has 0 unspecified atom stereocenters. The normalized spacial score (nSPS) is 9.91. The van der Waals surface area contributed by atoms with Crippen molar-refractivity contribution in [3.8, 4) is 0 Å². The lowest BCUT2D eigenvalue weighted by atomic mass is 10.4. The zero-order chi connectivity index (χ0) is 8.27. The van der Waals surface area contributed by atoms with E-state index in [2.05, 4.69) is 11.9 Å². The minimum absolute atomic E-state index is 0.516. The van der Waals surface area contributed by atoms with E-state index in [1.54, 1.807) is 11.3 Å². The summed E-state index contributed by atoms with van der Waals surface area (Å²) < 4.78 is 0. The summed E-state index contributed by atoms with van der Waals surface area (Å²) in [5.74, 6) is 0. The average Bonchev–Trinajstić information content (AvgIpc) is 2.34. The first-order valence-electron chi connectivity index (χ1n) is 3.44. The molecule has 0 bridgehead atoms. The van der Waals surface area contributed by atoms with Crippen molar-refractivity contribution in [1.82, 2.24) is 4.98 Å². The van der Waals surface area contributed by atoms with Gasteiger partial charge in [0.2, 0.25) is 0 Å². The maximum Gasteiger partial charge on any atom is 0.0995 e. The van der Waals surface area contributed by atoms with E-state index < -0.39 is 0 Å². The maximum absolute atomic E-state index is 5.37. The average molecular weight is 186 g/mol. The summed E-state index contributed by atoms with van der Waals surface area (Å²) in [5, 5.41) is 3.07. The number of nitrogens with two attached hydrogens (primary N) is 1. The van der Waals surface area contributed by atoms with Crippen LogP contribution in [0.15, 0.2) is 5.38 Å². The molecule has 0 saturated carbocycles. The van der Waals surface area contributed by atoms with Gasteiger partial charge in [-0.05, 0) is 6.42 Å². The minimum Gasteiger partial charge on any atom is -0.393 e. The second-order valence-electron chi connectivity index (χ2n) is 2.23. The first-order valence-corrected chi connectivity index (χ1v) is 4.72. The molecular formula is C7H10N2S2. The Kier molecular flexibility index (Phi) is 2.96. The van der Waals surface area contributed by atoms with Gasteiger partial charge < -0.3 is 5.73 Å². The number of thiazole rings is 1. The molecular weight excluding hydrogens is 176 g/mol. The Labute approximate surface area is 75.4 Å². The van der Waals surface area contributed by atoms with Gasteiger partial charge in [-0.2, -0.15) is 0 Å². The Morgan fingerprint density at radius 3 is 3.00 bits per heavy atom. The van der Waals surface area contributed by atoms with E-state index in [9.17, 15) is 0 Å². The van der Waals surface area contributed by atoms with E-state index in [0.29, 0.717) is 11.4 Å². The molecule has 0 aliphatic carbocycles. The zero-order valence-electron chi connectivity index (χ0n) is 6.33.